The molecule has 64 valence electrons. The van der Waals surface area contributed by atoms with Crippen LogP contribution in [0, 0.1) is 0 Å². The van der Waals surface area contributed by atoms with Gasteiger partial charge in [0.15, 0.2) is 0 Å². The minimum absolute atomic E-state index is 0.351. The van der Waals surface area contributed by atoms with E-state index in [2.05, 4.69) is 0 Å². The first-order valence-corrected chi connectivity index (χ1v) is 5.68. The maximum absolute atomic E-state index is 10.7. The van der Waals surface area contributed by atoms with E-state index in [1.807, 2.05) is 30.3 Å². The van der Waals surface area contributed by atoms with Gasteiger partial charge >= 0.3 is 7.80 Å². The second-order valence-electron chi connectivity index (χ2n) is 2.59. The van der Waals surface area contributed by atoms with Crippen LogP contribution in [-0.2, 0) is 15.9 Å². The molecule has 1 unspecified atom stereocenters. The summed E-state index contributed by atoms with van der Waals surface area (Å²) in [5.41, 5.74) is 1.12. The molecule has 1 atom stereocenters. The Bertz CT molecular complexity index is 246. The summed E-state index contributed by atoms with van der Waals surface area (Å²) < 4.78 is 15.9. The second kappa shape index (κ2) is 5.02. The standard InChI is InChI=1S/C9H12O2P/c1-12(10)8-11-7-9-5-3-2-4-6-9/h2-6H,7-8H2,1H3/q+1. The summed E-state index contributed by atoms with van der Waals surface area (Å²) in [4.78, 5) is 0. The maximum atomic E-state index is 10.7. The lowest BCUT2D eigenvalue weighted by Crippen LogP contribution is -1.90. The zero-order chi connectivity index (χ0) is 8.81. The molecule has 0 bridgehead atoms. The van der Waals surface area contributed by atoms with Crippen molar-refractivity contribution in [1.82, 2.24) is 0 Å². The van der Waals surface area contributed by atoms with Crippen LogP contribution < -0.4 is 0 Å². The number of hydrogen-bond donors (Lipinski definition) is 0. The number of rotatable bonds is 4. The van der Waals surface area contributed by atoms with Crippen molar-refractivity contribution >= 4 is 7.80 Å². The minimum atomic E-state index is -1.17. The zero-order valence-electron chi connectivity index (χ0n) is 7.06. The van der Waals surface area contributed by atoms with Gasteiger partial charge in [-0.05, 0) is 5.56 Å². The fraction of sp³-hybridized carbons (Fsp3) is 0.333. The highest BCUT2D eigenvalue weighted by Crippen LogP contribution is 2.13. The largest absolute Gasteiger partial charge is 0.363 e. The molecule has 0 aliphatic heterocycles. The molecule has 3 heteroatoms. The average Bonchev–Trinajstić information content (AvgIpc) is 2.05. The van der Waals surface area contributed by atoms with Gasteiger partial charge in [-0.3, -0.25) is 0 Å². The van der Waals surface area contributed by atoms with Gasteiger partial charge in [-0.15, -0.1) is 0 Å². The molecule has 0 aliphatic rings. The molecule has 1 aromatic carbocycles. The molecular formula is C9H12O2P+. The van der Waals surface area contributed by atoms with E-state index < -0.39 is 7.80 Å². The molecule has 0 aromatic heterocycles. The van der Waals surface area contributed by atoms with Crippen LogP contribution in [0.15, 0.2) is 30.3 Å². The Morgan fingerprint density at radius 3 is 2.58 bits per heavy atom. The highest BCUT2D eigenvalue weighted by atomic mass is 31.1. The number of ether oxygens (including phenoxy) is 1. The lowest BCUT2D eigenvalue weighted by molar-refractivity contribution is 0.164. The Morgan fingerprint density at radius 1 is 1.33 bits per heavy atom. The van der Waals surface area contributed by atoms with E-state index in [0.29, 0.717) is 13.0 Å². The molecule has 0 N–H and O–H groups in total. The lowest BCUT2D eigenvalue weighted by atomic mass is 10.2. The Morgan fingerprint density at radius 2 is 2.00 bits per heavy atom. The van der Waals surface area contributed by atoms with Gasteiger partial charge in [-0.2, -0.15) is 0 Å². The van der Waals surface area contributed by atoms with Crippen molar-refractivity contribution in [3.8, 4) is 0 Å². The fourth-order valence-electron chi connectivity index (χ4n) is 0.866. The van der Waals surface area contributed by atoms with Crippen molar-refractivity contribution < 1.29 is 9.30 Å². The van der Waals surface area contributed by atoms with Gasteiger partial charge in [0, 0.05) is 0 Å². The third-order valence-corrected chi connectivity index (χ3v) is 1.93. The minimum Gasteiger partial charge on any atom is -0.333 e. The summed E-state index contributed by atoms with van der Waals surface area (Å²) >= 11 is 0. The highest BCUT2D eigenvalue weighted by molar-refractivity contribution is 7.43. The summed E-state index contributed by atoms with van der Waals surface area (Å²) in [5, 5.41) is 0. The molecule has 1 rings (SSSR count). The second-order valence-corrected chi connectivity index (χ2v) is 4.11. The maximum Gasteiger partial charge on any atom is 0.363 e. The van der Waals surface area contributed by atoms with E-state index in [0.717, 1.165) is 5.56 Å². The summed E-state index contributed by atoms with van der Waals surface area (Å²) in [5.74, 6) is 0. The van der Waals surface area contributed by atoms with Crippen molar-refractivity contribution in [3.63, 3.8) is 0 Å². The topological polar surface area (TPSA) is 26.3 Å². The Labute approximate surface area is 73.3 Å². The summed E-state index contributed by atoms with van der Waals surface area (Å²) in [6.07, 6.45) is 0.351. The van der Waals surface area contributed by atoms with Gasteiger partial charge in [-0.25, -0.2) is 0 Å². The van der Waals surface area contributed by atoms with Gasteiger partial charge in [0.05, 0.1) is 6.61 Å². The molecule has 1 aromatic rings. The predicted octanol–water partition coefficient (Wildman–Crippen LogP) is 2.62. The van der Waals surface area contributed by atoms with E-state index in [9.17, 15) is 4.57 Å². The summed E-state index contributed by atoms with van der Waals surface area (Å²) in [6, 6.07) is 9.87. The van der Waals surface area contributed by atoms with E-state index in [4.69, 9.17) is 4.74 Å². The van der Waals surface area contributed by atoms with E-state index in [-0.39, 0.29) is 0 Å². The van der Waals surface area contributed by atoms with E-state index >= 15 is 0 Å². The average molecular weight is 183 g/mol. The molecule has 0 saturated heterocycles. The summed E-state index contributed by atoms with van der Waals surface area (Å²) in [7, 11) is -1.17. The fourth-order valence-corrected chi connectivity index (χ4v) is 1.21. The van der Waals surface area contributed by atoms with Gasteiger partial charge < -0.3 is 4.74 Å². The SMILES string of the molecule is C[P+](=O)COCc1ccccc1. The third-order valence-electron chi connectivity index (χ3n) is 1.38. The van der Waals surface area contributed by atoms with Crippen LogP contribution in [0.1, 0.15) is 5.56 Å². The molecular weight excluding hydrogens is 171 g/mol. The first-order chi connectivity index (χ1) is 5.79. The molecule has 0 saturated carbocycles. The third kappa shape index (κ3) is 3.61. The van der Waals surface area contributed by atoms with Crippen molar-refractivity contribution in [2.24, 2.45) is 0 Å². The number of benzene rings is 1. The van der Waals surface area contributed by atoms with Gasteiger partial charge in [-0.1, -0.05) is 34.9 Å². The van der Waals surface area contributed by atoms with Crippen LogP contribution in [-0.4, -0.2) is 13.0 Å². The smallest absolute Gasteiger partial charge is 0.333 e. The molecule has 0 fully saturated rings. The van der Waals surface area contributed by atoms with Crippen LogP contribution in [0.5, 0.6) is 0 Å². The monoisotopic (exact) mass is 183 g/mol. The van der Waals surface area contributed by atoms with Gasteiger partial charge in [0.1, 0.15) is 6.66 Å². The summed E-state index contributed by atoms with van der Waals surface area (Å²) in [6.45, 7) is 2.22. The Kier molecular flexibility index (Phi) is 3.92. The van der Waals surface area contributed by atoms with Gasteiger partial charge in [0.25, 0.3) is 0 Å². The Balaban J connectivity index is 2.29. The molecule has 2 nitrogen and oxygen atoms in total. The van der Waals surface area contributed by atoms with Crippen molar-refractivity contribution in [2.45, 2.75) is 6.61 Å². The van der Waals surface area contributed by atoms with Crippen LogP contribution in [0.3, 0.4) is 0 Å². The molecule has 0 aliphatic carbocycles. The van der Waals surface area contributed by atoms with Crippen molar-refractivity contribution in [1.29, 1.82) is 0 Å². The Hall–Kier alpha value is -0.720. The zero-order valence-corrected chi connectivity index (χ0v) is 7.96. The van der Waals surface area contributed by atoms with Gasteiger partial charge in [0.2, 0.25) is 6.35 Å². The predicted molar refractivity (Wildman–Crippen MR) is 49.6 cm³/mol. The van der Waals surface area contributed by atoms with Crippen molar-refractivity contribution in [3.05, 3.63) is 35.9 Å². The van der Waals surface area contributed by atoms with Crippen LogP contribution >= 0.6 is 7.80 Å². The van der Waals surface area contributed by atoms with E-state index in [1.165, 1.54) is 0 Å². The van der Waals surface area contributed by atoms with Crippen LogP contribution in [0.25, 0.3) is 0 Å². The molecule has 0 heterocycles. The quantitative estimate of drug-likeness (QED) is 0.670. The number of hydrogen-bond acceptors (Lipinski definition) is 2. The molecule has 0 spiro atoms. The molecule has 0 amide bonds. The van der Waals surface area contributed by atoms with E-state index in [1.54, 1.807) is 6.66 Å². The van der Waals surface area contributed by atoms with Crippen LogP contribution in [0.2, 0.25) is 0 Å². The van der Waals surface area contributed by atoms with Crippen molar-refractivity contribution in [2.75, 3.05) is 13.0 Å². The first-order valence-electron chi connectivity index (χ1n) is 3.79. The lowest BCUT2D eigenvalue weighted by Gasteiger charge is -1.96. The normalized spacial score (nSPS) is 11.2. The molecule has 0 radical (unpaired) electrons. The first kappa shape index (κ1) is 9.37. The highest BCUT2D eigenvalue weighted by Gasteiger charge is 2.03. The van der Waals surface area contributed by atoms with Crippen LogP contribution in [0.4, 0.5) is 0 Å². The molecule has 12 heavy (non-hydrogen) atoms.